The predicted octanol–water partition coefficient (Wildman–Crippen LogP) is 3.30. The molecule has 0 spiro atoms. The van der Waals surface area contributed by atoms with Crippen LogP contribution in [0, 0.1) is 13.8 Å². The molecule has 1 amide bonds. The molecule has 0 aliphatic carbocycles. The minimum absolute atomic E-state index is 0.190. The number of hydrogen-bond acceptors (Lipinski definition) is 3. The molecule has 0 aliphatic heterocycles. The van der Waals surface area contributed by atoms with Gasteiger partial charge in [-0.05, 0) is 48.0 Å². The van der Waals surface area contributed by atoms with Crippen LogP contribution in [0.4, 0.5) is 11.5 Å². The number of aromatic nitrogens is 1. The number of amides is 1. The molecule has 3 N–H and O–H groups in total. The van der Waals surface area contributed by atoms with Crippen LogP contribution in [0.3, 0.4) is 0 Å². The monoisotopic (exact) mass is 319 g/mol. The van der Waals surface area contributed by atoms with Gasteiger partial charge in [-0.15, -0.1) is 0 Å². The number of nitrogens with zero attached hydrogens (tertiary/aromatic N) is 1. The van der Waals surface area contributed by atoms with Crippen LogP contribution >= 0.6 is 15.9 Å². The summed E-state index contributed by atoms with van der Waals surface area (Å²) >= 11 is 3.32. The maximum atomic E-state index is 12.2. The Labute approximate surface area is 120 Å². The van der Waals surface area contributed by atoms with E-state index in [9.17, 15) is 4.79 Å². The van der Waals surface area contributed by atoms with Crippen molar-refractivity contribution in [2.75, 3.05) is 11.1 Å². The number of pyridine rings is 1. The zero-order valence-corrected chi connectivity index (χ0v) is 12.3. The van der Waals surface area contributed by atoms with E-state index < -0.39 is 0 Å². The Balaban J connectivity index is 2.25. The summed E-state index contributed by atoms with van der Waals surface area (Å²) in [4.78, 5) is 16.2. The molecule has 0 aliphatic rings. The standard InChI is InChI=1S/C14H14BrN3O/c1-8-3-9(2)5-10(4-8)14(19)18-13-12(15)6-11(16)7-17-13/h3-7H,16H2,1-2H3,(H,17,18,19). The summed E-state index contributed by atoms with van der Waals surface area (Å²) < 4.78 is 0.658. The van der Waals surface area contributed by atoms with E-state index in [2.05, 4.69) is 26.2 Å². The largest absolute Gasteiger partial charge is 0.397 e. The van der Waals surface area contributed by atoms with Gasteiger partial charge in [-0.2, -0.15) is 0 Å². The van der Waals surface area contributed by atoms with Gasteiger partial charge < -0.3 is 11.1 Å². The van der Waals surface area contributed by atoms with E-state index >= 15 is 0 Å². The van der Waals surface area contributed by atoms with Crippen molar-refractivity contribution in [2.24, 2.45) is 0 Å². The molecule has 98 valence electrons. The van der Waals surface area contributed by atoms with Crippen molar-refractivity contribution < 1.29 is 4.79 Å². The summed E-state index contributed by atoms with van der Waals surface area (Å²) in [5.41, 5.74) is 8.86. The number of anilines is 2. The van der Waals surface area contributed by atoms with Crippen LogP contribution in [-0.4, -0.2) is 10.9 Å². The number of carbonyl (C=O) groups is 1. The summed E-state index contributed by atoms with van der Waals surface area (Å²) in [6.07, 6.45) is 1.50. The van der Waals surface area contributed by atoms with E-state index in [1.165, 1.54) is 6.20 Å². The SMILES string of the molecule is Cc1cc(C)cc(C(=O)Nc2ncc(N)cc2Br)c1. The quantitative estimate of drug-likeness (QED) is 0.892. The van der Waals surface area contributed by atoms with Crippen LogP contribution in [0.1, 0.15) is 21.5 Å². The van der Waals surface area contributed by atoms with Crippen LogP contribution in [0.5, 0.6) is 0 Å². The molecule has 1 heterocycles. The van der Waals surface area contributed by atoms with Crippen LogP contribution in [0.15, 0.2) is 34.9 Å². The lowest BCUT2D eigenvalue weighted by molar-refractivity contribution is 0.102. The molecule has 0 fully saturated rings. The highest BCUT2D eigenvalue weighted by molar-refractivity contribution is 9.10. The molecular formula is C14H14BrN3O. The molecule has 1 aromatic carbocycles. The van der Waals surface area contributed by atoms with Gasteiger partial charge in [0.15, 0.2) is 0 Å². The lowest BCUT2D eigenvalue weighted by Crippen LogP contribution is -2.14. The highest BCUT2D eigenvalue weighted by Gasteiger charge is 2.10. The Morgan fingerprint density at radius 3 is 2.42 bits per heavy atom. The van der Waals surface area contributed by atoms with E-state index in [0.29, 0.717) is 21.5 Å². The van der Waals surface area contributed by atoms with Gasteiger partial charge >= 0.3 is 0 Å². The second kappa shape index (κ2) is 5.40. The average Bonchev–Trinajstić information content (AvgIpc) is 2.31. The zero-order valence-electron chi connectivity index (χ0n) is 10.7. The summed E-state index contributed by atoms with van der Waals surface area (Å²) in [6, 6.07) is 7.40. The fourth-order valence-corrected chi connectivity index (χ4v) is 2.30. The highest BCUT2D eigenvalue weighted by atomic mass is 79.9. The number of nitrogen functional groups attached to an aromatic ring is 1. The summed E-state index contributed by atoms with van der Waals surface area (Å²) in [7, 11) is 0. The first kappa shape index (κ1) is 13.5. The molecule has 0 unspecified atom stereocenters. The van der Waals surface area contributed by atoms with E-state index in [1.54, 1.807) is 6.07 Å². The first-order chi connectivity index (χ1) is 8.95. The molecule has 0 saturated heterocycles. The van der Waals surface area contributed by atoms with Crippen molar-refractivity contribution in [1.29, 1.82) is 0 Å². The number of nitrogens with two attached hydrogens (primary N) is 1. The highest BCUT2D eigenvalue weighted by Crippen LogP contribution is 2.22. The zero-order chi connectivity index (χ0) is 14.0. The molecule has 5 heteroatoms. The third-order valence-corrected chi connectivity index (χ3v) is 3.18. The predicted molar refractivity (Wildman–Crippen MR) is 80.2 cm³/mol. The molecule has 19 heavy (non-hydrogen) atoms. The minimum Gasteiger partial charge on any atom is -0.397 e. The van der Waals surface area contributed by atoms with Gasteiger partial charge in [-0.3, -0.25) is 4.79 Å². The molecule has 4 nitrogen and oxygen atoms in total. The van der Waals surface area contributed by atoms with Gasteiger partial charge in [-0.25, -0.2) is 4.98 Å². The maximum absolute atomic E-state index is 12.2. The topological polar surface area (TPSA) is 68.0 Å². The number of nitrogens with one attached hydrogen (secondary N) is 1. The first-order valence-corrected chi connectivity index (χ1v) is 6.55. The Kier molecular flexibility index (Phi) is 3.85. The molecule has 0 bridgehead atoms. The van der Waals surface area contributed by atoms with Crippen LogP contribution < -0.4 is 11.1 Å². The number of carbonyl (C=O) groups excluding carboxylic acids is 1. The summed E-state index contributed by atoms with van der Waals surface area (Å²) in [5, 5.41) is 2.76. The number of benzene rings is 1. The Hall–Kier alpha value is -1.88. The smallest absolute Gasteiger partial charge is 0.256 e. The molecular weight excluding hydrogens is 306 g/mol. The normalized spacial score (nSPS) is 10.3. The fraction of sp³-hybridized carbons (Fsp3) is 0.143. The van der Waals surface area contributed by atoms with Crippen molar-refractivity contribution in [3.63, 3.8) is 0 Å². The van der Waals surface area contributed by atoms with E-state index in [-0.39, 0.29) is 5.91 Å². The van der Waals surface area contributed by atoms with Gasteiger partial charge in [0.25, 0.3) is 5.91 Å². The molecule has 1 aromatic heterocycles. The number of aryl methyl sites for hydroxylation is 2. The molecule has 0 saturated carbocycles. The summed E-state index contributed by atoms with van der Waals surface area (Å²) in [5.74, 6) is 0.267. The third kappa shape index (κ3) is 3.32. The van der Waals surface area contributed by atoms with Gasteiger partial charge in [-0.1, -0.05) is 17.2 Å². The molecule has 0 atom stereocenters. The van der Waals surface area contributed by atoms with Crippen molar-refractivity contribution in [2.45, 2.75) is 13.8 Å². The third-order valence-electron chi connectivity index (χ3n) is 2.58. The van der Waals surface area contributed by atoms with E-state index in [1.807, 2.05) is 32.0 Å². The lowest BCUT2D eigenvalue weighted by atomic mass is 10.1. The molecule has 0 radical (unpaired) electrons. The number of rotatable bonds is 2. The maximum Gasteiger partial charge on any atom is 0.256 e. The second-order valence-electron chi connectivity index (χ2n) is 4.43. The minimum atomic E-state index is -0.190. The van der Waals surface area contributed by atoms with Crippen molar-refractivity contribution in [1.82, 2.24) is 4.98 Å². The van der Waals surface area contributed by atoms with E-state index in [4.69, 9.17) is 5.73 Å². The fourth-order valence-electron chi connectivity index (χ4n) is 1.83. The Morgan fingerprint density at radius 1 is 1.21 bits per heavy atom. The Bertz CT molecular complexity index is 620. The number of hydrogen-bond donors (Lipinski definition) is 2. The average molecular weight is 320 g/mol. The van der Waals surface area contributed by atoms with Gasteiger partial charge in [0.05, 0.1) is 16.4 Å². The number of halogens is 1. The van der Waals surface area contributed by atoms with Crippen LogP contribution in [0.25, 0.3) is 0 Å². The van der Waals surface area contributed by atoms with Gasteiger partial charge in [0.2, 0.25) is 0 Å². The van der Waals surface area contributed by atoms with E-state index in [0.717, 1.165) is 11.1 Å². The van der Waals surface area contributed by atoms with Crippen molar-refractivity contribution >= 4 is 33.3 Å². The lowest BCUT2D eigenvalue weighted by Gasteiger charge is -2.08. The van der Waals surface area contributed by atoms with Gasteiger partial charge in [0, 0.05) is 5.56 Å². The molecule has 2 aromatic rings. The second-order valence-corrected chi connectivity index (χ2v) is 5.28. The first-order valence-electron chi connectivity index (χ1n) is 5.76. The molecule has 2 rings (SSSR count). The van der Waals surface area contributed by atoms with Gasteiger partial charge in [0.1, 0.15) is 5.82 Å². The van der Waals surface area contributed by atoms with Crippen LogP contribution in [0.2, 0.25) is 0 Å². The van der Waals surface area contributed by atoms with Crippen molar-refractivity contribution in [3.8, 4) is 0 Å². The van der Waals surface area contributed by atoms with Crippen molar-refractivity contribution in [3.05, 3.63) is 51.6 Å². The summed E-state index contributed by atoms with van der Waals surface area (Å²) in [6.45, 7) is 3.92. The van der Waals surface area contributed by atoms with Crippen LogP contribution in [-0.2, 0) is 0 Å². The Morgan fingerprint density at radius 2 is 1.84 bits per heavy atom.